The SMILES string of the molecule is CN1CC(NC2CSCCSC2)c2sccc2S1(=O)=O. The molecular formula is C12H18N2O2S4. The van der Waals surface area contributed by atoms with E-state index in [2.05, 4.69) is 5.32 Å². The second kappa shape index (κ2) is 6.18. The molecule has 0 bridgehead atoms. The zero-order chi connectivity index (χ0) is 14.2. The van der Waals surface area contributed by atoms with Gasteiger partial charge in [0.2, 0.25) is 10.0 Å². The number of sulfonamides is 1. The van der Waals surface area contributed by atoms with E-state index in [0.717, 1.165) is 16.4 Å². The molecule has 2 aliphatic rings. The largest absolute Gasteiger partial charge is 0.304 e. The molecule has 4 nitrogen and oxygen atoms in total. The van der Waals surface area contributed by atoms with E-state index < -0.39 is 10.0 Å². The topological polar surface area (TPSA) is 49.4 Å². The van der Waals surface area contributed by atoms with Crippen LogP contribution in [0.2, 0.25) is 0 Å². The Hall–Kier alpha value is 0.270. The van der Waals surface area contributed by atoms with Crippen molar-refractivity contribution in [1.29, 1.82) is 0 Å². The van der Waals surface area contributed by atoms with Crippen molar-refractivity contribution in [3.8, 4) is 0 Å². The van der Waals surface area contributed by atoms with Gasteiger partial charge in [0, 0.05) is 47.5 Å². The van der Waals surface area contributed by atoms with E-state index in [9.17, 15) is 8.42 Å². The highest BCUT2D eigenvalue weighted by Gasteiger charge is 2.36. The van der Waals surface area contributed by atoms with Crippen LogP contribution in [0.5, 0.6) is 0 Å². The molecule has 1 N–H and O–H groups in total. The van der Waals surface area contributed by atoms with Crippen molar-refractivity contribution in [3.63, 3.8) is 0 Å². The minimum Gasteiger partial charge on any atom is -0.304 e. The van der Waals surface area contributed by atoms with Crippen molar-refractivity contribution in [2.24, 2.45) is 0 Å². The highest BCUT2D eigenvalue weighted by Crippen LogP contribution is 2.36. The zero-order valence-corrected chi connectivity index (χ0v) is 14.5. The van der Waals surface area contributed by atoms with Gasteiger partial charge in [0.25, 0.3) is 0 Å². The molecule has 0 spiro atoms. The minimum atomic E-state index is -3.27. The molecule has 0 radical (unpaired) electrons. The monoisotopic (exact) mass is 350 g/mol. The first kappa shape index (κ1) is 15.2. The van der Waals surface area contributed by atoms with Gasteiger partial charge in [-0.1, -0.05) is 0 Å². The predicted molar refractivity (Wildman–Crippen MR) is 88.4 cm³/mol. The Morgan fingerprint density at radius 1 is 1.30 bits per heavy atom. The van der Waals surface area contributed by atoms with Crippen molar-refractivity contribution >= 4 is 44.9 Å². The summed E-state index contributed by atoms with van der Waals surface area (Å²) in [5, 5.41) is 5.55. The lowest BCUT2D eigenvalue weighted by atomic mass is 10.2. The Bertz CT molecular complexity index is 564. The average molecular weight is 351 g/mol. The lowest BCUT2D eigenvalue weighted by molar-refractivity contribution is 0.368. The van der Waals surface area contributed by atoms with E-state index in [4.69, 9.17) is 0 Å². The van der Waals surface area contributed by atoms with Crippen LogP contribution in [-0.2, 0) is 10.0 Å². The third-order valence-corrected chi connectivity index (χ3v) is 9.11. The molecule has 3 heterocycles. The maximum atomic E-state index is 12.3. The Morgan fingerprint density at radius 3 is 2.70 bits per heavy atom. The fourth-order valence-electron chi connectivity index (χ4n) is 2.51. The number of rotatable bonds is 2. The first-order chi connectivity index (χ1) is 9.59. The summed E-state index contributed by atoms with van der Waals surface area (Å²) >= 11 is 5.52. The van der Waals surface area contributed by atoms with Gasteiger partial charge in [0.1, 0.15) is 0 Å². The van der Waals surface area contributed by atoms with Crippen molar-refractivity contribution in [3.05, 3.63) is 16.3 Å². The Labute approximate surface area is 132 Å². The highest BCUT2D eigenvalue weighted by molar-refractivity contribution is 8.03. The molecule has 0 aliphatic carbocycles. The molecule has 0 amide bonds. The summed E-state index contributed by atoms with van der Waals surface area (Å²) in [5.74, 6) is 4.65. The van der Waals surface area contributed by atoms with E-state index in [0.29, 0.717) is 17.5 Å². The van der Waals surface area contributed by atoms with Crippen LogP contribution in [0.3, 0.4) is 0 Å². The second-order valence-corrected chi connectivity index (χ2v) is 10.3. The van der Waals surface area contributed by atoms with Gasteiger partial charge in [0.15, 0.2) is 0 Å². The summed E-state index contributed by atoms with van der Waals surface area (Å²) in [6.07, 6.45) is 0. The lowest BCUT2D eigenvalue weighted by Crippen LogP contribution is -2.45. The summed E-state index contributed by atoms with van der Waals surface area (Å²) in [6, 6.07) is 2.32. The number of nitrogens with one attached hydrogen (secondary N) is 1. The van der Waals surface area contributed by atoms with Gasteiger partial charge >= 0.3 is 0 Å². The number of nitrogens with zero attached hydrogens (tertiary/aromatic N) is 1. The maximum Gasteiger partial charge on any atom is 0.244 e. The Balaban J connectivity index is 1.81. The summed E-state index contributed by atoms with van der Waals surface area (Å²) < 4.78 is 26.0. The van der Waals surface area contributed by atoms with Crippen LogP contribution in [0.25, 0.3) is 0 Å². The van der Waals surface area contributed by atoms with Gasteiger partial charge in [-0.3, -0.25) is 0 Å². The van der Waals surface area contributed by atoms with E-state index in [1.54, 1.807) is 24.5 Å². The summed E-state index contributed by atoms with van der Waals surface area (Å²) in [6.45, 7) is 0.529. The molecule has 1 fully saturated rings. The van der Waals surface area contributed by atoms with Crippen molar-refractivity contribution in [1.82, 2.24) is 9.62 Å². The van der Waals surface area contributed by atoms with E-state index in [1.165, 1.54) is 15.8 Å². The van der Waals surface area contributed by atoms with Crippen LogP contribution >= 0.6 is 34.9 Å². The maximum absolute atomic E-state index is 12.3. The molecule has 2 aliphatic heterocycles. The van der Waals surface area contributed by atoms with Crippen LogP contribution in [0, 0.1) is 0 Å². The number of hydrogen-bond donors (Lipinski definition) is 1. The predicted octanol–water partition coefficient (Wildman–Crippen LogP) is 1.86. The minimum absolute atomic E-state index is 0.128. The van der Waals surface area contributed by atoms with Crippen LogP contribution in [0.1, 0.15) is 10.9 Å². The number of hydrogen-bond acceptors (Lipinski definition) is 6. The molecule has 1 aromatic rings. The number of likely N-dealkylation sites (N-methyl/N-ethyl adjacent to an activating group) is 1. The number of thioether (sulfide) groups is 2. The summed E-state index contributed by atoms with van der Waals surface area (Å²) in [5.41, 5.74) is 0. The number of fused-ring (bicyclic) bond motifs is 1. The fourth-order valence-corrected chi connectivity index (χ4v) is 7.64. The molecule has 8 heteroatoms. The molecule has 1 saturated heterocycles. The molecule has 1 aromatic heterocycles. The molecule has 3 rings (SSSR count). The summed E-state index contributed by atoms with van der Waals surface area (Å²) in [4.78, 5) is 1.46. The van der Waals surface area contributed by atoms with Gasteiger partial charge in [-0.2, -0.15) is 27.8 Å². The molecule has 1 unspecified atom stereocenters. The van der Waals surface area contributed by atoms with Crippen LogP contribution < -0.4 is 5.32 Å². The summed E-state index contributed by atoms with van der Waals surface area (Å²) in [7, 11) is -1.60. The van der Waals surface area contributed by atoms with Crippen LogP contribution in [0.15, 0.2) is 16.3 Å². The second-order valence-electron chi connectivity index (χ2n) is 5.00. The quantitative estimate of drug-likeness (QED) is 0.882. The molecule has 0 saturated carbocycles. The molecule has 1 atom stereocenters. The third-order valence-electron chi connectivity index (χ3n) is 3.55. The molecule has 0 aromatic carbocycles. The van der Waals surface area contributed by atoms with E-state index in [-0.39, 0.29) is 6.04 Å². The first-order valence-corrected chi connectivity index (χ1v) is 11.2. The third kappa shape index (κ3) is 2.91. The molecule has 112 valence electrons. The van der Waals surface area contributed by atoms with E-state index >= 15 is 0 Å². The van der Waals surface area contributed by atoms with Gasteiger partial charge < -0.3 is 5.32 Å². The zero-order valence-electron chi connectivity index (χ0n) is 11.2. The smallest absolute Gasteiger partial charge is 0.244 e. The van der Waals surface area contributed by atoms with Crippen LogP contribution in [0.4, 0.5) is 0 Å². The van der Waals surface area contributed by atoms with Gasteiger partial charge in [0.05, 0.1) is 10.9 Å². The van der Waals surface area contributed by atoms with Crippen molar-refractivity contribution in [2.75, 3.05) is 36.6 Å². The fraction of sp³-hybridized carbons (Fsp3) is 0.667. The van der Waals surface area contributed by atoms with Crippen molar-refractivity contribution < 1.29 is 8.42 Å². The highest BCUT2D eigenvalue weighted by atomic mass is 32.2. The normalized spacial score (nSPS) is 27.9. The molecular weight excluding hydrogens is 332 g/mol. The Kier molecular flexibility index (Phi) is 4.69. The van der Waals surface area contributed by atoms with Gasteiger partial charge in [-0.25, -0.2) is 8.42 Å². The number of thiophene rings is 1. The standard InChI is InChI=1S/C12H18N2O2S4/c1-14-6-10(13-9-7-17-4-5-18-8-9)12-11(2-3-19-12)20(14,15)16/h2-3,9-10,13H,4-8H2,1H3. The van der Waals surface area contributed by atoms with Crippen molar-refractivity contribution in [2.45, 2.75) is 17.0 Å². The van der Waals surface area contributed by atoms with Gasteiger partial charge in [-0.15, -0.1) is 11.3 Å². The van der Waals surface area contributed by atoms with Crippen LogP contribution in [-0.4, -0.2) is 55.4 Å². The van der Waals surface area contributed by atoms with Gasteiger partial charge in [-0.05, 0) is 11.4 Å². The first-order valence-electron chi connectivity index (χ1n) is 6.54. The lowest BCUT2D eigenvalue weighted by Gasteiger charge is -2.32. The average Bonchev–Trinajstić information content (AvgIpc) is 2.77. The van der Waals surface area contributed by atoms with E-state index in [1.807, 2.05) is 28.9 Å². The Morgan fingerprint density at radius 2 is 2.00 bits per heavy atom. The molecule has 20 heavy (non-hydrogen) atoms.